The summed E-state index contributed by atoms with van der Waals surface area (Å²) < 4.78 is 22.1. The number of rotatable bonds is 10. The van der Waals surface area contributed by atoms with Crippen molar-refractivity contribution in [3.63, 3.8) is 0 Å². The first-order valence-electron chi connectivity index (χ1n) is 7.89. The number of para-hydroxylation sites is 1. The third kappa shape index (κ3) is 4.76. The van der Waals surface area contributed by atoms with Crippen LogP contribution < -0.4 is 18.9 Å². The van der Waals surface area contributed by atoms with Crippen LogP contribution in [-0.4, -0.2) is 33.7 Å². The van der Waals surface area contributed by atoms with Crippen LogP contribution in [0.1, 0.15) is 15.9 Å². The molecule has 0 radical (unpaired) electrons. The summed E-state index contributed by atoms with van der Waals surface area (Å²) in [6.45, 7) is 4.41. The second kappa shape index (κ2) is 9.37. The standard InChI is InChI=1S/C20H22O5/c1-4-7-16-8-5-6-9-17(16)24-10-11-25-20-18(22-2)12-15(14-21)13-19(20)23-3/h4-6,8-9,12-14H,1,7,10-11H2,2-3H3. The largest absolute Gasteiger partial charge is 0.493 e. The van der Waals surface area contributed by atoms with E-state index in [0.717, 1.165) is 24.0 Å². The van der Waals surface area contributed by atoms with Crippen LogP contribution in [0.4, 0.5) is 0 Å². The third-order valence-electron chi connectivity index (χ3n) is 3.54. The summed E-state index contributed by atoms with van der Waals surface area (Å²) in [4.78, 5) is 11.0. The molecule has 0 fully saturated rings. The predicted molar refractivity (Wildman–Crippen MR) is 96.3 cm³/mol. The van der Waals surface area contributed by atoms with Crippen molar-refractivity contribution in [2.75, 3.05) is 27.4 Å². The lowest BCUT2D eigenvalue weighted by molar-refractivity contribution is 0.112. The normalized spacial score (nSPS) is 10.0. The minimum absolute atomic E-state index is 0.301. The summed E-state index contributed by atoms with van der Waals surface area (Å²) in [5.74, 6) is 2.13. The molecule has 2 aromatic carbocycles. The highest BCUT2D eigenvalue weighted by atomic mass is 16.6. The number of allylic oxidation sites excluding steroid dienone is 1. The van der Waals surface area contributed by atoms with E-state index in [1.54, 1.807) is 12.1 Å². The summed E-state index contributed by atoms with van der Waals surface area (Å²) in [7, 11) is 3.02. The van der Waals surface area contributed by atoms with Gasteiger partial charge in [0.25, 0.3) is 0 Å². The zero-order chi connectivity index (χ0) is 18.1. The molecule has 2 rings (SSSR count). The summed E-state index contributed by atoms with van der Waals surface area (Å²) in [6.07, 6.45) is 3.31. The molecular weight excluding hydrogens is 320 g/mol. The SMILES string of the molecule is C=CCc1ccccc1OCCOc1c(OC)cc(C=O)cc1OC. The van der Waals surface area contributed by atoms with Crippen molar-refractivity contribution in [3.05, 3.63) is 60.2 Å². The fourth-order valence-electron chi connectivity index (χ4n) is 2.37. The molecule has 2 aromatic rings. The van der Waals surface area contributed by atoms with Crippen LogP contribution >= 0.6 is 0 Å². The van der Waals surface area contributed by atoms with Crippen LogP contribution in [0.3, 0.4) is 0 Å². The minimum Gasteiger partial charge on any atom is -0.493 e. The van der Waals surface area contributed by atoms with Crippen LogP contribution in [0.5, 0.6) is 23.0 Å². The molecule has 132 valence electrons. The Labute approximate surface area is 147 Å². The number of methoxy groups -OCH3 is 2. The van der Waals surface area contributed by atoms with Crippen molar-refractivity contribution in [2.45, 2.75) is 6.42 Å². The maximum atomic E-state index is 11.0. The van der Waals surface area contributed by atoms with Crippen LogP contribution in [0.2, 0.25) is 0 Å². The molecule has 25 heavy (non-hydrogen) atoms. The lowest BCUT2D eigenvalue weighted by Gasteiger charge is -2.16. The minimum atomic E-state index is 0.301. The van der Waals surface area contributed by atoms with Crippen molar-refractivity contribution < 1.29 is 23.7 Å². The third-order valence-corrected chi connectivity index (χ3v) is 3.54. The topological polar surface area (TPSA) is 54.0 Å². The van der Waals surface area contributed by atoms with E-state index in [0.29, 0.717) is 36.0 Å². The molecule has 0 aliphatic heterocycles. The first-order chi connectivity index (χ1) is 12.2. The first-order valence-corrected chi connectivity index (χ1v) is 7.89. The Morgan fingerprint density at radius 3 is 2.20 bits per heavy atom. The number of ether oxygens (including phenoxy) is 4. The molecule has 0 aromatic heterocycles. The van der Waals surface area contributed by atoms with Gasteiger partial charge in [-0.1, -0.05) is 24.3 Å². The summed E-state index contributed by atoms with van der Waals surface area (Å²) in [5.41, 5.74) is 1.53. The molecule has 0 aliphatic rings. The lowest BCUT2D eigenvalue weighted by Crippen LogP contribution is -2.11. The summed E-state index contributed by atoms with van der Waals surface area (Å²) in [6, 6.07) is 11.0. The van der Waals surface area contributed by atoms with Gasteiger partial charge in [-0.05, 0) is 30.2 Å². The highest BCUT2D eigenvalue weighted by Crippen LogP contribution is 2.38. The Hall–Kier alpha value is -2.95. The Morgan fingerprint density at radius 2 is 1.60 bits per heavy atom. The van der Waals surface area contributed by atoms with Crippen molar-refractivity contribution in [1.82, 2.24) is 0 Å². The molecule has 0 atom stereocenters. The number of hydrogen-bond acceptors (Lipinski definition) is 5. The van der Waals surface area contributed by atoms with Crippen molar-refractivity contribution in [3.8, 4) is 23.0 Å². The van der Waals surface area contributed by atoms with Crippen molar-refractivity contribution in [2.24, 2.45) is 0 Å². The fourth-order valence-corrected chi connectivity index (χ4v) is 2.37. The van der Waals surface area contributed by atoms with Gasteiger partial charge in [-0.15, -0.1) is 6.58 Å². The van der Waals surface area contributed by atoms with Crippen LogP contribution in [0.15, 0.2) is 49.1 Å². The molecule has 0 aliphatic carbocycles. The van der Waals surface area contributed by atoms with Gasteiger partial charge in [0, 0.05) is 5.56 Å². The highest BCUT2D eigenvalue weighted by molar-refractivity contribution is 5.78. The van der Waals surface area contributed by atoms with Gasteiger partial charge < -0.3 is 18.9 Å². The van der Waals surface area contributed by atoms with Gasteiger partial charge in [0.05, 0.1) is 14.2 Å². The zero-order valence-electron chi connectivity index (χ0n) is 14.5. The van der Waals surface area contributed by atoms with Crippen LogP contribution in [0, 0.1) is 0 Å². The van der Waals surface area contributed by atoms with Gasteiger partial charge in [0.2, 0.25) is 5.75 Å². The van der Waals surface area contributed by atoms with Gasteiger partial charge in [-0.25, -0.2) is 0 Å². The summed E-state index contributed by atoms with van der Waals surface area (Å²) in [5, 5.41) is 0. The monoisotopic (exact) mass is 342 g/mol. The smallest absolute Gasteiger partial charge is 0.203 e. The molecule has 0 spiro atoms. The van der Waals surface area contributed by atoms with Crippen molar-refractivity contribution >= 4 is 6.29 Å². The van der Waals surface area contributed by atoms with E-state index in [1.807, 2.05) is 30.3 Å². The van der Waals surface area contributed by atoms with Crippen LogP contribution in [-0.2, 0) is 6.42 Å². The number of carbonyl (C=O) groups is 1. The maximum absolute atomic E-state index is 11.0. The van der Waals surface area contributed by atoms with Gasteiger partial charge in [-0.3, -0.25) is 4.79 Å². The first kappa shape index (κ1) is 18.4. The molecule has 0 saturated carbocycles. The lowest BCUT2D eigenvalue weighted by atomic mass is 10.1. The molecule has 5 nitrogen and oxygen atoms in total. The molecule has 5 heteroatoms. The van der Waals surface area contributed by atoms with Gasteiger partial charge in [-0.2, -0.15) is 0 Å². The quantitative estimate of drug-likeness (QED) is 0.374. The van der Waals surface area contributed by atoms with E-state index >= 15 is 0 Å². The maximum Gasteiger partial charge on any atom is 0.203 e. The Bertz CT molecular complexity index is 699. The number of carbonyl (C=O) groups excluding carboxylic acids is 1. The predicted octanol–water partition coefficient (Wildman–Crippen LogP) is 3.70. The molecule has 0 N–H and O–H groups in total. The number of hydrogen-bond donors (Lipinski definition) is 0. The molecule has 0 amide bonds. The average Bonchev–Trinajstić information content (AvgIpc) is 2.66. The second-order valence-corrected chi connectivity index (χ2v) is 5.17. The summed E-state index contributed by atoms with van der Waals surface area (Å²) >= 11 is 0. The van der Waals surface area contributed by atoms with Crippen molar-refractivity contribution in [1.29, 1.82) is 0 Å². The van der Waals surface area contributed by atoms with E-state index in [1.165, 1.54) is 14.2 Å². The Kier molecular flexibility index (Phi) is 6.89. The van der Waals surface area contributed by atoms with Crippen LogP contribution in [0.25, 0.3) is 0 Å². The fraction of sp³-hybridized carbons (Fsp3) is 0.250. The second-order valence-electron chi connectivity index (χ2n) is 5.17. The van der Waals surface area contributed by atoms with E-state index in [2.05, 4.69) is 6.58 Å². The molecule has 0 bridgehead atoms. The number of aldehydes is 1. The van der Waals surface area contributed by atoms with E-state index < -0.39 is 0 Å². The van der Waals surface area contributed by atoms with E-state index in [-0.39, 0.29) is 0 Å². The zero-order valence-corrected chi connectivity index (χ0v) is 14.5. The van der Waals surface area contributed by atoms with Gasteiger partial charge in [0.1, 0.15) is 25.2 Å². The Balaban J connectivity index is 2.02. The number of benzene rings is 2. The highest BCUT2D eigenvalue weighted by Gasteiger charge is 2.14. The van der Waals surface area contributed by atoms with Gasteiger partial charge >= 0.3 is 0 Å². The Morgan fingerprint density at radius 1 is 0.960 bits per heavy atom. The van der Waals surface area contributed by atoms with E-state index in [9.17, 15) is 4.79 Å². The molecule has 0 heterocycles. The molecule has 0 saturated heterocycles. The molecule has 0 unspecified atom stereocenters. The average molecular weight is 342 g/mol. The molecular formula is C20H22O5. The van der Waals surface area contributed by atoms with E-state index in [4.69, 9.17) is 18.9 Å². The van der Waals surface area contributed by atoms with Gasteiger partial charge in [0.15, 0.2) is 11.5 Å².